The number of rotatable bonds is 3. The molecule has 0 fully saturated rings. The van der Waals surface area contributed by atoms with E-state index in [1.807, 2.05) is 20.8 Å². The molecule has 0 aliphatic heterocycles. The summed E-state index contributed by atoms with van der Waals surface area (Å²) in [7, 11) is 1.74. The number of likely N-dealkylation sites (N-methyl/N-ethyl adjacent to an activating group) is 1. The summed E-state index contributed by atoms with van der Waals surface area (Å²) < 4.78 is 8.77. The summed E-state index contributed by atoms with van der Waals surface area (Å²) in [5.41, 5.74) is -0.461. The molecular formula is C8H14N4O2S. The van der Waals surface area contributed by atoms with Crippen LogP contribution in [0.3, 0.4) is 0 Å². The molecule has 0 spiro atoms. The van der Waals surface area contributed by atoms with Gasteiger partial charge < -0.3 is 9.64 Å². The van der Waals surface area contributed by atoms with E-state index in [0.717, 1.165) is 11.5 Å². The van der Waals surface area contributed by atoms with E-state index in [-0.39, 0.29) is 12.5 Å². The maximum absolute atomic E-state index is 11.4. The van der Waals surface area contributed by atoms with Crippen molar-refractivity contribution in [2.45, 2.75) is 26.4 Å². The van der Waals surface area contributed by atoms with E-state index >= 15 is 0 Å². The molecule has 0 saturated carbocycles. The second kappa shape index (κ2) is 4.52. The van der Waals surface area contributed by atoms with Gasteiger partial charge in [-0.15, -0.1) is 0 Å². The standard InChI is InChI=1S/C8H14N4O2S/c1-8(2,3)14-6(13)5-12(4)7-9-10-11-15-7/h5H2,1-4H3. The second-order valence-corrected chi connectivity index (χ2v) is 4.80. The highest BCUT2D eigenvalue weighted by Gasteiger charge is 2.18. The van der Waals surface area contributed by atoms with Crippen LogP contribution in [-0.2, 0) is 9.53 Å². The number of carbonyl (C=O) groups excluding carboxylic acids is 1. The van der Waals surface area contributed by atoms with Crippen LogP contribution in [0.2, 0.25) is 0 Å². The van der Waals surface area contributed by atoms with Gasteiger partial charge in [0.05, 0.1) is 0 Å². The minimum absolute atomic E-state index is 0.147. The molecule has 0 aliphatic carbocycles. The quantitative estimate of drug-likeness (QED) is 0.712. The molecule has 6 nitrogen and oxygen atoms in total. The van der Waals surface area contributed by atoms with Crippen LogP contribution >= 0.6 is 11.5 Å². The maximum atomic E-state index is 11.4. The zero-order valence-electron chi connectivity index (χ0n) is 9.22. The Balaban J connectivity index is 2.45. The summed E-state index contributed by atoms with van der Waals surface area (Å²) in [5.74, 6) is -0.291. The lowest BCUT2D eigenvalue weighted by Gasteiger charge is -2.21. The maximum Gasteiger partial charge on any atom is 0.326 e. The first kappa shape index (κ1) is 11.8. The van der Waals surface area contributed by atoms with E-state index < -0.39 is 5.60 Å². The molecule has 1 rings (SSSR count). The van der Waals surface area contributed by atoms with Crippen LogP contribution in [0.1, 0.15) is 20.8 Å². The van der Waals surface area contributed by atoms with Crippen LogP contribution < -0.4 is 4.90 Å². The van der Waals surface area contributed by atoms with E-state index in [0.29, 0.717) is 5.13 Å². The summed E-state index contributed by atoms with van der Waals surface area (Å²) in [4.78, 5) is 13.1. The molecule has 0 amide bonds. The SMILES string of the molecule is CN(CC(=O)OC(C)(C)C)c1nnns1. The molecule has 1 aromatic rings. The molecule has 0 radical (unpaired) electrons. The first-order valence-electron chi connectivity index (χ1n) is 4.46. The molecule has 7 heteroatoms. The monoisotopic (exact) mass is 230 g/mol. The third kappa shape index (κ3) is 4.20. The Morgan fingerprint density at radius 2 is 2.20 bits per heavy atom. The Bertz CT molecular complexity index is 320. The van der Waals surface area contributed by atoms with Gasteiger partial charge in [0, 0.05) is 18.6 Å². The average molecular weight is 230 g/mol. The molecular weight excluding hydrogens is 216 g/mol. The molecule has 0 bridgehead atoms. The zero-order valence-corrected chi connectivity index (χ0v) is 10.0. The number of hydrogen-bond acceptors (Lipinski definition) is 7. The van der Waals surface area contributed by atoms with Gasteiger partial charge in [-0.3, -0.25) is 4.79 Å². The number of aromatic nitrogens is 3. The van der Waals surface area contributed by atoms with Crippen LogP contribution in [0.25, 0.3) is 0 Å². The number of nitrogens with zero attached hydrogens (tertiary/aromatic N) is 4. The van der Waals surface area contributed by atoms with Crippen molar-refractivity contribution >= 4 is 22.6 Å². The van der Waals surface area contributed by atoms with Crippen molar-refractivity contribution in [2.75, 3.05) is 18.5 Å². The lowest BCUT2D eigenvalue weighted by molar-refractivity contribution is -0.152. The predicted molar refractivity (Wildman–Crippen MR) is 56.8 cm³/mol. The molecule has 15 heavy (non-hydrogen) atoms. The summed E-state index contributed by atoms with van der Waals surface area (Å²) >= 11 is 1.14. The Kier molecular flexibility index (Phi) is 3.57. The minimum Gasteiger partial charge on any atom is -0.459 e. The van der Waals surface area contributed by atoms with Gasteiger partial charge in [0.15, 0.2) is 0 Å². The van der Waals surface area contributed by atoms with Gasteiger partial charge in [-0.05, 0) is 26.0 Å². The van der Waals surface area contributed by atoms with E-state index in [1.165, 1.54) is 0 Å². The van der Waals surface area contributed by atoms with Gasteiger partial charge in [-0.2, -0.15) is 0 Å². The average Bonchev–Trinajstić information content (AvgIpc) is 2.50. The Morgan fingerprint density at radius 3 is 2.67 bits per heavy atom. The molecule has 0 unspecified atom stereocenters. The van der Waals surface area contributed by atoms with Gasteiger partial charge >= 0.3 is 5.97 Å². The fourth-order valence-electron chi connectivity index (χ4n) is 0.911. The molecule has 0 N–H and O–H groups in total. The van der Waals surface area contributed by atoms with E-state index in [4.69, 9.17) is 4.74 Å². The van der Waals surface area contributed by atoms with Crippen LogP contribution in [0.5, 0.6) is 0 Å². The smallest absolute Gasteiger partial charge is 0.326 e. The Morgan fingerprint density at radius 1 is 1.53 bits per heavy atom. The number of esters is 1. The van der Waals surface area contributed by atoms with Crippen molar-refractivity contribution in [2.24, 2.45) is 0 Å². The molecule has 0 aliphatic rings. The highest BCUT2D eigenvalue weighted by Crippen LogP contribution is 2.12. The fourth-order valence-corrected chi connectivity index (χ4v) is 1.33. The van der Waals surface area contributed by atoms with Crippen LogP contribution in [0.4, 0.5) is 5.13 Å². The minimum atomic E-state index is -0.461. The normalized spacial score (nSPS) is 11.2. The van der Waals surface area contributed by atoms with Crippen molar-refractivity contribution in [1.29, 1.82) is 0 Å². The predicted octanol–water partition coefficient (Wildman–Crippen LogP) is 0.711. The van der Waals surface area contributed by atoms with Gasteiger partial charge in [-0.1, -0.05) is 9.59 Å². The van der Waals surface area contributed by atoms with Crippen molar-refractivity contribution in [3.63, 3.8) is 0 Å². The largest absolute Gasteiger partial charge is 0.459 e. The summed E-state index contributed by atoms with van der Waals surface area (Å²) in [6.45, 7) is 5.64. The first-order valence-corrected chi connectivity index (χ1v) is 5.24. The Hall–Kier alpha value is -1.24. The highest BCUT2D eigenvalue weighted by atomic mass is 32.1. The first-order chi connectivity index (χ1) is 6.88. The highest BCUT2D eigenvalue weighted by molar-refractivity contribution is 7.09. The van der Waals surface area contributed by atoms with E-state index in [2.05, 4.69) is 14.8 Å². The fraction of sp³-hybridized carbons (Fsp3) is 0.750. The lowest BCUT2D eigenvalue weighted by Crippen LogP contribution is -2.32. The van der Waals surface area contributed by atoms with Crippen molar-refractivity contribution in [3.05, 3.63) is 0 Å². The van der Waals surface area contributed by atoms with Gasteiger partial charge in [-0.25, -0.2) is 0 Å². The second-order valence-electron chi connectivity index (χ2n) is 4.09. The van der Waals surface area contributed by atoms with Crippen LogP contribution in [0, 0.1) is 0 Å². The van der Waals surface area contributed by atoms with Gasteiger partial charge in [0.1, 0.15) is 12.1 Å². The van der Waals surface area contributed by atoms with Gasteiger partial charge in [0.2, 0.25) is 5.13 Å². The lowest BCUT2D eigenvalue weighted by atomic mass is 10.2. The third-order valence-electron chi connectivity index (χ3n) is 1.40. The van der Waals surface area contributed by atoms with Crippen LogP contribution in [0.15, 0.2) is 0 Å². The number of anilines is 1. The Labute approximate surface area is 92.4 Å². The summed E-state index contributed by atoms with van der Waals surface area (Å²) in [6, 6.07) is 0. The molecule has 1 heterocycles. The summed E-state index contributed by atoms with van der Waals surface area (Å²) in [5, 5.41) is 7.79. The van der Waals surface area contributed by atoms with Crippen molar-refractivity contribution < 1.29 is 9.53 Å². The number of ether oxygens (including phenoxy) is 1. The number of hydrogen-bond donors (Lipinski definition) is 0. The molecule has 0 aromatic carbocycles. The zero-order chi connectivity index (χ0) is 11.5. The van der Waals surface area contributed by atoms with E-state index in [1.54, 1.807) is 11.9 Å². The molecule has 0 atom stereocenters. The number of carbonyl (C=O) groups is 1. The topological polar surface area (TPSA) is 68.2 Å². The van der Waals surface area contributed by atoms with Crippen molar-refractivity contribution in [1.82, 2.24) is 14.8 Å². The van der Waals surface area contributed by atoms with Gasteiger partial charge in [0.25, 0.3) is 0 Å². The third-order valence-corrected chi connectivity index (χ3v) is 2.11. The summed E-state index contributed by atoms with van der Waals surface area (Å²) in [6.07, 6.45) is 0. The molecule has 1 aromatic heterocycles. The molecule has 84 valence electrons. The van der Waals surface area contributed by atoms with E-state index in [9.17, 15) is 4.79 Å². The molecule has 0 saturated heterocycles. The van der Waals surface area contributed by atoms with Crippen LogP contribution in [-0.4, -0.2) is 40.0 Å². The van der Waals surface area contributed by atoms with Crippen molar-refractivity contribution in [3.8, 4) is 0 Å².